The number of carbonyl (C=O) groups is 2. The zero-order valence-electron chi connectivity index (χ0n) is 10.9. The number of piperidine rings is 1. The molecular weight excluding hydrogens is 256 g/mol. The lowest BCUT2D eigenvalue weighted by Crippen LogP contribution is -2.46. The lowest BCUT2D eigenvalue weighted by atomic mass is 10.0. The largest absolute Gasteiger partial charge is 0.466 e. The molecule has 0 aliphatic carbocycles. The summed E-state index contributed by atoms with van der Waals surface area (Å²) in [5, 5.41) is 6.03. The van der Waals surface area contributed by atoms with Crippen LogP contribution in [0.5, 0.6) is 0 Å². The molecule has 0 aromatic heterocycles. The summed E-state index contributed by atoms with van der Waals surface area (Å²) in [4.78, 5) is 22.7. The van der Waals surface area contributed by atoms with Crippen molar-refractivity contribution in [2.45, 2.75) is 45.1 Å². The van der Waals surface area contributed by atoms with E-state index in [1.807, 2.05) is 0 Å². The second-order valence-electron chi connectivity index (χ2n) is 4.20. The molecule has 18 heavy (non-hydrogen) atoms. The Kier molecular flexibility index (Phi) is 9.69. The highest BCUT2D eigenvalue weighted by Gasteiger charge is 2.19. The minimum absolute atomic E-state index is 0. The Morgan fingerprint density at radius 1 is 1.39 bits per heavy atom. The predicted molar refractivity (Wildman–Crippen MR) is 71.8 cm³/mol. The fourth-order valence-electron chi connectivity index (χ4n) is 1.88. The molecule has 0 aromatic carbocycles. The lowest BCUT2D eigenvalue weighted by Gasteiger charge is -2.22. The van der Waals surface area contributed by atoms with Gasteiger partial charge in [-0.3, -0.25) is 9.59 Å². The quantitative estimate of drug-likeness (QED) is 0.562. The van der Waals surface area contributed by atoms with Crippen LogP contribution in [0.3, 0.4) is 0 Å². The van der Waals surface area contributed by atoms with Crippen LogP contribution >= 0.6 is 12.4 Å². The Bertz CT molecular complexity index is 256. The van der Waals surface area contributed by atoms with E-state index in [1.54, 1.807) is 6.92 Å². The third-order valence-electron chi connectivity index (χ3n) is 2.79. The predicted octanol–water partition coefficient (Wildman–Crippen LogP) is 1.01. The van der Waals surface area contributed by atoms with E-state index in [0.29, 0.717) is 26.0 Å². The Morgan fingerprint density at radius 2 is 2.17 bits per heavy atom. The van der Waals surface area contributed by atoms with Crippen LogP contribution in [-0.2, 0) is 14.3 Å². The Morgan fingerprint density at radius 3 is 2.78 bits per heavy atom. The van der Waals surface area contributed by atoms with E-state index in [9.17, 15) is 9.59 Å². The topological polar surface area (TPSA) is 67.4 Å². The van der Waals surface area contributed by atoms with Gasteiger partial charge in [-0.15, -0.1) is 12.4 Å². The van der Waals surface area contributed by atoms with Gasteiger partial charge < -0.3 is 15.4 Å². The molecule has 0 bridgehead atoms. The first kappa shape index (κ1) is 17.2. The molecule has 2 N–H and O–H groups in total. The van der Waals surface area contributed by atoms with Crippen LogP contribution in [0.4, 0.5) is 0 Å². The van der Waals surface area contributed by atoms with Gasteiger partial charge in [-0.05, 0) is 32.7 Å². The monoisotopic (exact) mass is 278 g/mol. The van der Waals surface area contributed by atoms with Crippen molar-refractivity contribution in [2.24, 2.45) is 0 Å². The van der Waals surface area contributed by atoms with Crippen LogP contribution in [0.15, 0.2) is 0 Å². The van der Waals surface area contributed by atoms with Crippen LogP contribution in [0.1, 0.15) is 39.0 Å². The molecule has 1 rings (SSSR count). The molecule has 6 heteroatoms. The van der Waals surface area contributed by atoms with Crippen LogP contribution in [0.2, 0.25) is 0 Å². The minimum atomic E-state index is -0.197. The van der Waals surface area contributed by atoms with Crippen LogP contribution in [0.25, 0.3) is 0 Å². The number of nitrogens with one attached hydrogen (secondary N) is 2. The van der Waals surface area contributed by atoms with E-state index in [-0.39, 0.29) is 30.3 Å². The molecule has 0 aromatic rings. The molecule has 1 heterocycles. The van der Waals surface area contributed by atoms with Gasteiger partial charge in [0.05, 0.1) is 12.6 Å². The molecular formula is C12H23ClN2O3. The van der Waals surface area contributed by atoms with Crippen molar-refractivity contribution >= 4 is 24.3 Å². The SMILES string of the molecule is CCOC(=O)CCCNC(=O)C1CCCCN1.Cl. The van der Waals surface area contributed by atoms with Gasteiger partial charge in [-0.2, -0.15) is 0 Å². The zero-order valence-corrected chi connectivity index (χ0v) is 11.7. The summed E-state index contributed by atoms with van der Waals surface area (Å²) in [6, 6.07) is -0.0497. The summed E-state index contributed by atoms with van der Waals surface area (Å²) in [6.07, 6.45) is 4.16. The van der Waals surface area contributed by atoms with E-state index in [0.717, 1.165) is 25.8 Å². The lowest BCUT2D eigenvalue weighted by molar-refractivity contribution is -0.143. The van der Waals surface area contributed by atoms with E-state index in [2.05, 4.69) is 10.6 Å². The molecule has 0 spiro atoms. The average molecular weight is 279 g/mol. The fraction of sp³-hybridized carbons (Fsp3) is 0.833. The number of hydrogen-bond donors (Lipinski definition) is 2. The van der Waals surface area contributed by atoms with Crippen molar-refractivity contribution in [3.63, 3.8) is 0 Å². The van der Waals surface area contributed by atoms with Gasteiger partial charge in [-0.25, -0.2) is 0 Å². The molecule has 0 radical (unpaired) electrons. The van der Waals surface area contributed by atoms with Crippen molar-refractivity contribution < 1.29 is 14.3 Å². The van der Waals surface area contributed by atoms with Crippen LogP contribution in [0, 0.1) is 0 Å². The maximum atomic E-state index is 11.7. The zero-order chi connectivity index (χ0) is 12.5. The second-order valence-corrected chi connectivity index (χ2v) is 4.20. The molecule has 1 aliphatic heterocycles. The van der Waals surface area contributed by atoms with Gasteiger partial charge in [0.25, 0.3) is 0 Å². The molecule has 1 aliphatic rings. The second kappa shape index (κ2) is 10.1. The third kappa shape index (κ3) is 6.81. The first-order valence-corrected chi connectivity index (χ1v) is 6.40. The molecule has 1 amide bonds. The van der Waals surface area contributed by atoms with E-state index < -0.39 is 0 Å². The van der Waals surface area contributed by atoms with Crippen molar-refractivity contribution in [1.29, 1.82) is 0 Å². The van der Waals surface area contributed by atoms with Crippen LogP contribution < -0.4 is 10.6 Å². The smallest absolute Gasteiger partial charge is 0.305 e. The van der Waals surface area contributed by atoms with E-state index >= 15 is 0 Å². The number of esters is 1. The third-order valence-corrected chi connectivity index (χ3v) is 2.79. The molecule has 1 atom stereocenters. The average Bonchev–Trinajstić information content (AvgIpc) is 2.36. The summed E-state index contributed by atoms with van der Waals surface area (Å²) in [5.74, 6) is -0.147. The molecule has 1 fully saturated rings. The van der Waals surface area contributed by atoms with E-state index in [4.69, 9.17) is 4.74 Å². The fourth-order valence-corrected chi connectivity index (χ4v) is 1.88. The molecule has 106 valence electrons. The van der Waals surface area contributed by atoms with Gasteiger partial charge in [0.1, 0.15) is 0 Å². The van der Waals surface area contributed by atoms with Crippen LogP contribution in [-0.4, -0.2) is 37.6 Å². The summed E-state index contributed by atoms with van der Waals surface area (Å²) in [7, 11) is 0. The number of carbonyl (C=O) groups excluding carboxylic acids is 2. The summed E-state index contributed by atoms with van der Waals surface area (Å²) in [6.45, 7) is 3.66. The summed E-state index contributed by atoms with van der Waals surface area (Å²) >= 11 is 0. The Hall–Kier alpha value is -0.810. The number of halogens is 1. The highest BCUT2D eigenvalue weighted by molar-refractivity contribution is 5.85. The van der Waals surface area contributed by atoms with Crippen molar-refractivity contribution in [1.82, 2.24) is 10.6 Å². The number of rotatable bonds is 6. The number of amides is 1. The minimum Gasteiger partial charge on any atom is -0.466 e. The standard InChI is InChI=1S/C12H22N2O3.ClH/c1-2-17-11(15)7-5-9-14-12(16)10-6-3-4-8-13-10;/h10,13H,2-9H2,1H3,(H,14,16);1H. The van der Waals surface area contributed by atoms with Gasteiger partial charge in [0, 0.05) is 13.0 Å². The van der Waals surface area contributed by atoms with Gasteiger partial charge in [-0.1, -0.05) is 6.42 Å². The molecule has 5 nitrogen and oxygen atoms in total. The summed E-state index contributed by atoms with van der Waals surface area (Å²) < 4.78 is 4.80. The van der Waals surface area contributed by atoms with Gasteiger partial charge in [0.2, 0.25) is 5.91 Å². The highest BCUT2D eigenvalue weighted by Crippen LogP contribution is 2.06. The van der Waals surface area contributed by atoms with Crippen molar-refractivity contribution in [3.8, 4) is 0 Å². The Labute approximate surface area is 114 Å². The number of ether oxygens (including phenoxy) is 1. The Balaban J connectivity index is 0.00000289. The maximum absolute atomic E-state index is 11.7. The summed E-state index contributed by atoms with van der Waals surface area (Å²) in [5.41, 5.74) is 0. The molecule has 1 unspecified atom stereocenters. The molecule has 0 saturated carbocycles. The maximum Gasteiger partial charge on any atom is 0.305 e. The van der Waals surface area contributed by atoms with Crippen molar-refractivity contribution in [3.05, 3.63) is 0 Å². The number of hydrogen-bond acceptors (Lipinski definition) is 4. The van der Waals surface area contributed by atoms with Crippen molar-refractivity contribution in [2.75, 3.05) is 19.7 Å². The first-order valence-electron chi connectivity index (χ1n) is 6.40. The normalized spacial score (nSPS) is 18.6. The van der Waals surface area contributed by atoms with Gasteiger partial charge in [0.15, 0.2) is 0 Å². The van der Waals surface area contributed by atoms with E-state index in [1.165, 1.54) is 0 Å². The first-order chi connectivity index (χ1) is 8.24. The van der Waals surface area contributed by atoms with Gasteiger partial charge >= 0.3 is 5.97 Å². The molecule has 1 saturated heterocycles. The highest BCUT2D eigenvalue weighted by atomic mass is 35.5.